The summed E-state index contributed by atoms with van der Waals surface area (Å²) >= 11 is 11.3. The van der Waals surface area contributed by atoms with E-state index in [0.29, 0.717) is 32.1 Å². The van der Waals surface area contributed by atoms with E-state index in [2.05, 4.69) is 16.0 Å². The summed E-state index contributed by atoms with van der Waals surface area (Å²) in [6.07, 6.45) is 2.53. The minimum atomic E-state index is -0.721. The number of fused-ring (bicyclic) bond motifs is 3. The van der Waals surface area contributed by atoms with Crippen LogP contribution in [0.5, 0.6) is 11.5 Å². The van der Waals surface area contributed by atoms with E-state index < -0.39 is 34.7 Å². The second-order valence-electron chi connectivity index (χ2n) is 9.72. The van der Waals surface area contributed by atoms with Crippen molar-refractivity contribution in [3.05, 3.63) is 58.1 Å². The smallest absolute Gasteiger partial charge is 0.258 e. The zero-order valence-electron chi connectivity index (χ0n) is 20.5. The largest absolute Gasteiger partial charge is 0.484 e. The Bertz CT molecular complexity index is 1240. The quantitative estimate of drug-likeness (QED) is 0.424. The van der Waals surface area contributed by atoms with Crippen LogP contribution in [0.15, 0.2) is 36.4 Å². The molecule has 3 aliphatic rings. The molecule has 0 radical (unpaired) electrons. The van der Waals surface area contributed by atoms with E-state index in [1.54, 1.807) is 0 Å². The second-order valence-corrected chi connectivity index (χ2v) is 10.5. The molecule has 2 aromatic carbocycles. The Morgan fingerprint density at radius 2 is 1.37 bits per heavy atom. The van der Waals surface area contributed by atoms with Gasteiger partial charge in [0.15, 0.2) is 13.2 Å². The van der Waals surface area contributed by atoms with Crippen LogP contribution < -0.4 is 25.4 Å². The Hall–Kier alpha value is -3.11. The molecule has 2 bridgehead atoms. The van der Waals surface area contributed by atoms with Crippen LogP contribution in [0.2, 0.25) is 10.0 Å². The Kier molecular flexibility index (Phi) is 8.32. The van der Waals surface area contributed by atoms with Gasteiger partial charge in [-0.05, 0) is 56.4 Å². The molecule has 204 valence electrons. The highest BCUT2D eigenvalue weighted by Crippen LogP contribution is 2.47. The average molecular weight is 570 g/mol. The molecule has 1 unspecified atom stereocenters. The normalized spacial score (nSPS) is 23.9. The average Bonchev–Trinajstić information content (AvgIpc) is 2.86. The van der Waals surface area contributed by atoms with Crippen LogP contribution in [-0.4, -0.2) is 48.1 Å². The fourth-order valence-corrected chi connectivity index (χ4v) is 5.45. The Labute approximate surface area is 228 Å². The lowest BCUT2D eigenvalue weighted by molar-refractivity contribution is -0.133. The third-order valence-corrected chi connectivity index (χ3v) is 7.67. The highest BCUT2D eigenvalue weighted by molar-refractivity contribution is 6.31. The first kappa shape index (κ1) is 27.9. The van der Waals surface area contributed by atoms with Crippen LogP contribution in [0.4, 0.5) is 8.78 Å². The zero-order valence-corrected chi connectivity index (χ0v) is 22.1. The summed E-state index contributed by atoms with van der Waals surface area (Å²) in [5.41, 5.74) is -1.32. The molecular formula is C26H27Cl2F2N3O5. The van der Waals surface area contributed by atoms with E-state index in [1.165, 1.54) is 31.2 Å². The molecule has 0 spiro atoms. The van der Waals surface area contributed by atoms with Gasteiger partial charge in [-0.2, -0.15) is 0 Å². The Balaban J connectivity index is 1.36. The molecule has 0 saturated heterocycles. The third-order valence-electron chi connectivity index (χ3n) is 7.05. The molecule has 3 saturated carbocycles. The minimum absolute atomic E-state index is 0.0462. The number of benzene rings is 2. The Morgan fingerprint density at radius 1 is 0.868 bits per heavy atom. The van der Waals surface area contributed by atoms with E-state index in [4.69, 9.17) is 32.7 Å². The summed E-state index contributed by atoms with van der Waals surface area (Å²) in [7, 11) is 0. The number of carbonyl (C=O) groups excluding carboxylic acids is 3. The topological polar surface area (TPSA) is 106 Å². The number of rotatable bonds is 9. The molecule has 2 aromatic rings. The number of nitrogens with one attached hydrogen (secondary N) is 3. The van der Waals surface area contributed by atoms with Crippen molar-refractivity contribution in [1.29, 1.82) is 0 Å². The summed E-state index contributed by atoms with van der Waals surface area (Å²) < 4.78 is 38.1. The predicted molar refractivity (Wildman–Crippen MR) is 136 cm³/mol. The standard InChI is InChI=1S/C26H27Cl2F2N3O5/c1-15(34)31-22-12-25(32-23(35)13-37-16-2-4-18(27)20(29)10-16)6-8-26(22,9-7-25)33-24(36)14-38-17-3-5-19(28)21(30)11-17/h2-5,10-11,22H,6-9,12-14H2,1H3,(H,31,34)(H,32,35)(H,33,36). The van der Waals surface area contributed by atoms with E-state index in [0.717, 1.165) is 12.1 Å². The number of halogens is 4. The van der Waals surface area contributed by atoms with Gasteiger partial charge in [0.05, 0.1) is 21.6 Å². The maximum Gasteiger partial charge on any atom is 0.258 e. The zero-order chi connectivity index (χ0) is 27.5. The molecular weight excluding hydrogens is 543 g/mol. The first-order chi connectivity index (χ1) is 18.0. The molecule has 3 aliphatic carbocycles. The molecule has 8 nitrogen and oxygen atoms in total. The molecule has 3 amide bonds. The van der Waals surface area contributed by atoms with E-state index in [9.17, 15) is 23.2 Å². The van der Waals surface area contributed by atoms with E-state index >= 15 is 0 Å². The van der Waals surface area contributed by atoms with Crippen molar-refractivity contribution >= 4 is 40.9 Å². The van der Waals surface area contributed by atoms with Gasteiger partial charge in [-0.25, -0.2) is 8.78 Å². The fourth-order valence-electron chi connectivity index (χ4n) is 5.21. The summed E-state index contributed by atoms with van der Waals surface area (Å²) in [6.45, 7) is 0.721. The number of hydrogen-bond acceptors (Lipinski definition) is 5. The van der Waals surface area contributed by atoms with Crippen molar-refractivity contribution in [2.75, 3.05) is 13.2 Å². The molecule has 1 atom stereocenters. The van der Waals surface area contributed by atoms with Gasteiger partial charge >= 0.3 is 0 Å². The summed E-state index contributed by atoms with van der Waals surface area (Å²) in [4.78, 5) is 37.5. The van der Waals surface area contributed by atoms with E-state index in [1.807, 2.05) is 0 Å². The van der Waals surface area contributed by atoms with Gasteiger partial charge in [0.25, 0.3) is 11.8 Å². The minimum Gasteiger partial charge on any atom is -0.484 e. The van der Waals surface area contributed by atoms with Gasteiger partial charge in [0.2, 0.25) is 5.91 Å². The fraction of sp³-hybridized carbons (Fsp3) is 0.423. The third kappa shape index (κ3) is 6.47. The van der Waals surface area contributed by atoms with Gasteiger partial charge in [-0.3, -0.25) is 14.4 Å². The lowest BCUT2D eigenvalue weighted by Crippen LogP contribution is -2.73. The van der Waals surface area contributed by atoms with Crippen molar-refractivity contribution in [3.8, 4) is 11.5 Å². The SMILES string of the molecule is CC(=O)NC1CC2(NC(=O)COc3ccc(Cl)c(F)c3)CCC1(NC(=O)COc1ccc(Cl)c(F)c1)CC2. The maximum atomic E-state index is 13.7. The summed E-state index contributed by atoms with van der Waals surface area (Å²) in [6, 6.07) is 7.37. The van der Waals surface area contributed by atoms with Crippen molar-refractivity contribution < 1.29 is 32.6 Å². The number of amides is 3. The van der Waals surface area contributed by atoms with Crippen LogP contribution >= 0.6 is 23.2 Å². The maximum absolute atomic E-state index is 13.7. The van der Waals surface area contributed by atoms with Crippen molar-refractivity contribution in [2.24, 2.45) is 0 Å². The molecule has 0 aromatic heterocycles. The highest BCUT2D eigenvalue weighted by Gasteiger charge is 2.56. The number of hydrogen-bond donors (Lipinski definition) is 3. The van der Waals surface area contributed by atoms with Gasteiger partial charge < -0.3 is 25.4 Å². The Morgan fingerprint density at radius 3 is 1.84 bits per heavy atom. The van der Waals surface area contributed by atoms with Crippen molar-refractivity contribution in [1.82, 2.24) is 16.0 Å². The molecule has 3 N–H and O–H groups in total. The molecule has 0 aliphatic heterocycles. The lowest BCUT2D eigenvalue weighted by Gasteiger charge is -2.58. The number of ether oxygens (including phenoxy) is 2. The molecule has 38 heavy (non-hydrogen) atoms. The highest BCUT2D eigenvalue weighted by atomic mass is 35.5. The summed E-state index contributed by atoms with van der Waals surface area (Å²) in [5.74, 6) is -2.04. The van der Waals surface area contributed by atoms with E-state index in [-0.39, 0.29) is 46.6 Å². The van der Waals surface area contributed by atoms with Gasteiger partial charge in [-0.15, -0.1) is 0 Å². The van der Waals surface area contributed by atoms with Crippen LogP contribution in [-0.2, 0) is 14.4 Å². The summed E-state index contributed by atoms with van der Waals surface area (Å²) in [5, 5.41) is 8.87. The molecule has 5 rings (SSSR count). The van der Waals surface area contributed by atoms with Gasteiger partial charge in [0, 0.05) is 24.6 Å². The second kappa shape index (κ2) is 11.3. The first-order valence-corrected chi connectivity index (χ1v) is 12.8. The van der Waals surface area contributed by atoms with Crippen molar-refractivity contribution in [3.63, 3.8) is 0 Å². The van der Waals surface area contributed by atoms with Crippen LogP contribution in [0.3, 0.4) is 0 Å². The van der Waals surface area contributed by atoms with Crippen LogP contribution in [0.25, 0.3) is 0 Å². The number of carbonyl (C=O) groups is 3. The van der Waals surface area contributed by atoms with Crippen molar-refractivity contribution in [2.45, 2.75) is 56.1 Å². The molecule has 12 heteroatoms. The first-order valence-electron chi connectivity index (χ1n) is 12.0. The lowest BCUT2D eigenvalue weighted by atomic mass is 9.58. The monoisotopic (exact) mass is 569 g/mol. The molecule has 3 fully saturated rings. The predicted octanol–water partition coefficient (Wildman–Crippen LogP) is 3.92. The van der Waals surface area contributed by atoms with Gasteiger partial charge in [-0.1, -0.05) is 23.2 Å². The van der Waals surface area contributed by atoms with Gasteiger partial charge in [0.1, 0.15) is 23.1 Å². The molecule has 0 heterocycles. The van der Waals surface area contributed by atoms with Crippen LogP contribution in [0, 0.1) is 11.6 Å². The van der Waals surface area contributed by atoms with Crippen LogP contribution in [0.1, 0.15) is 39.0 Å².